The highest BCUT2D eigenvalue weighted by Crippen LogP contribution is 2.34. The van der Waals surface area contributed by atoms with Crippen molar-refractivity contribution in [3.63, 3.8) is 0 Å². The van der Waals surface area contributed by atoms with E-state index in [9.17, 15) is 0 Å². The van der Waals surface area contributed by atoms with Crippen LogP contribution in [0.25, 0.3) is 0 Å². The standard InChI is InChI=1S/C19H22N2S/c1-3-7-16(8-4-1)11-20-15-21(19-14-22-13-18(19)20)12-17-9-5-2-6-10-17/h1-10,18-19H,11-15H2/t18-,19-/m0/s1. The van der Waals surface area contributed by atoms with E-state index in [4.69, 9.17) is 0 Å². The summed E-state index contributed by atoms with van der Waals surface area (Å²) in [5.74, 6) is 2.56. The predicted octanol–water partition coefficient (Wildman–Crippen LogP) is 3.45. The second kappa shape index (κ2) is 6.45. The van der Waals surface area contributed by atoms with Gasteiger partial charge in [-0.25, -0.2) is 0 Å². The Bertz CT molecular complexity index is 548. The number of fused-ring (bicyclic) bond motifs is 1. The lowest BCUT2D eigenvalue weighted by Gasteiger charge is -2.22. The zero-order valence-electron chi connectivity index (χ0n) is 12.8. The van der Waals surface area contributed by atoms with Gasteiger partial charge in [0.2, 0.25) is 0 Å². The third kappa shape index (κ3) is 2.94. The van der Waals surface area contributed by atoms with Gasteiger partial charge in [-0.05, 0) is 11.1 Å². The van der Waals surface area contributed by atoms with Crippen LogP contribution in [0.1, 0.15) is 11.1 Å². The molecule has 2 saturated heterocycles. The van der Waals surface area contributed by atoms with E-state index in [-0.39, 0.29) is 0 Å². The lowest BCUT2D eigenvalue weighted by molar-refractivity contribution is 0.210. The lowest BCUT2D eigenvalue weighted by atomic mass is 10.1. The van der Waals surface area contributed by atoms with Crippen molar-refractivity contribution in [3.05, 3.63) is 71.8 Å². The van der Waals surface area contributed by atoms with Crippen molar-refractivity contribution in [3.8, 4) is 0 Å². The molecular formula is C19H22N2S. The summed E-state index contributed by atoms with van der Waals surface area (Å²) >= 11 is 2.11. The molecule has 2 aliphatic heterocycles. The topological polar surface area (TPSA) is 6.48 Å². The Kier molecular flexibility index (Phi) is 4.20. The van der Waals surface area contributed by atoms with E-state index in [1.165, 1.54) is 22.6 Å². The van der Waals surface area contributed by atoms with E-state index in [0.717, 1.165) is 19.8 Å². The van der Waals surface area contributed by atoms with Gasteiger partial charge < -0.3 is 0 Å². The molecule has 0 N–H and O–H groups in total. The van der Waals surface area contributed by atoms with E-state index in [0.29, 0.717) is 12.1 Å². The molecule has 2 heterocycles. The fourth-order valence-corrected chi connectivity index (χ4v) is 5.13. The van der Waals surface area contributed by atoms with Crippen molar-refractivity contribution < 1.29 is 0 Å². The summed E-state index contributed by atoms with van der Waals surface area (Å²) in [6.45, 7) is 3.25. The molecule has 3 heteroatoms. The number of nitrogens with zero attached hydrogens (tertiary/aromatic N) is 2. The van der Waals surface area contributed by atoms with Crippen LogP contribution in [-0.4, -0.2) is 40.1 Å². The van der Waals surface area contributed by atoms with Crippen LogP contribution in [0.4, 0.5) is 0 Å². The van der Waals surface area contributed by atoms with Gasteiger partial charge in [0, 0.05) is 36.7 Å². The van der Waals surface area contributed by atoms with Crippen LogP contribution >= 0.6 is 11.8 Å². The predicted molar refractivity (Wildman–Crippen MR) is 93.7 cm³/mol. The SMILES string of the molecule is c1ccc(CN2CN(Cc3ccccc3)[C@H]3CSC[C@@H]32)cc1. The molecule has 0 amide bonds. The maximum atomic E-state index is 2.67. The van der Waals surface area contributed by atoms with Crippen LogP contribution in [0.2, 0.25) is 0 Å². The molecule has 0 saturated carbocycles. The van der Waals surface area contributed by atoms with Crippen LogP contribution in [0.3, 0.4) is 0 Å². The summed E-state index contributed by atoms with van der Waals surface area (Å²) in [6.07, 6.45) is 0. The molecule has 0 unspecified atom stereocenters. The first-order valence-corrected chi connectivity index (χ1v) is 9.19. The van der Waals surface area contributed by atoms with Crippen LogP contribution < -0.4 is 0 Å². The summed E-state index contributed by atoms with van der Waals surface area (Å²) in [4.78, 5) is 5.34. The molecule has 2 nitrogen and oxygen atoms in total. The number of rotatable bonds is 4. The minimum Gasteiger partial charge on any atom is -0.281 e. The summed E-state index contributed by atoms with van der Waals surface area (Å²) in [5, 5.41) is 0. The maximum Gasteiger partial charge on any atom is 0.0520 e. The van der Waals surface area contributed by atoms with Gasteiger partial charge in [-0.1, -0.05) is 60.7 Å². The van der Waals surface area contributed by atoms with Crippen molar-refractivity contribution in [2.75, 3.05) is 18.2 Å². The Labute approximate surface area is 137 Å². The van der Waals surface area contributed by atoms with Crippen molar-refractivity contribution in [2.24, 2.45) is 0 Å². The lowest BCUT2D eigenvalue weighted by Crippen LogP contribution is -2.35. The van der Waals surface area contributed by atoms with Gasteiger partial charge in [-0.2, -0.15) is 11.8 Å². The van der Waals surface area contributed by atoms with E-state index < -0.39 is 0 Å². The third-order valence-electron chi connectivity index (χ3n) is 4.78. The molecule has 0 aliphatic carbocycles. The molecule has 0 bridgehead atoms. The van der Waals surface area contributed by atoms with Crippen LogP contribution in [0.15, 0.2) is 60.7 Å². The van der Waals surface area contributed by atoms with Gasteiger partial charge in [-0.3, -0.25) is 9.80 Å². The largest absolute Gasteiger partial charge is 0.281 e. The summed E-state index contributed by atoms with van der Waals surface area (Å²) in [6, 6.07) is 23.2. The van der Waals surface area contributed by atoms with Gasteiger partial charge in [0.25, 0.3) is 0 Å². The average Bonchev–Trinajstić information content (AvgIpc) is 3.15. The average molecular weight is 310 g/mol. The fourth-order valence-electron chi connectivity index (χ4n) is 3.64. The molecule has 0 spiro atoms. The van der Waals surface area contributed by atoms with Gasteiger partial charge in [0.05, 0.1) is 6.67 Å². The second-order valence-electron chi connectivity index (χ2n) is 6.28. The molecule has 22 heavy (non-hydrogen) atoms. The van der Waals surface area contributed by atoms with E-state index in [2.05, 4.69) is 82.2 Å². The second-order valence-corrected chi connectivity index (χ2v) is 7.35. The van der Waals surface area contributed by atoms with Gasteiger partial charge in [-0.15, -0.1) is 0 Å². The molecule has 2 atom stereocenters. The van der Waals surface area contributed by atoms with E-state index in [1.54, 1.807) is 0 Å². The first-order valence-electron chi connectivity index (χ1n) is 8.04. The molecular weight excluding hydrogens is 288 g/mol. The fraction of sp³-hybridized carbons (Fsp3) is 0.368. The minimum absolute atomic E-state index is 0.717. The van der Waals surface area contributed by atoms with Crippen LogP contribution in [0.5, 0.6) is 0 Å². The summed E-state index contributed by atoms with van der Waals surface area (Å²) in [5.41, 5.74) is 2.86. The monoisotopic (exact) mass is 310 g/mol. The van der Waals surface area contributed by atoms with Crippen molar-refractivity contribution in [1.29, 1.82) is 0 Å². The zero-order chi connectivity index (χ0) is 14.8. The minimum atomic E-state index is 0.717. The first kappa shape index (κ1) is 14.3. The van der Waals surface area contributed by atoms with Gasteiger partial charge in [0.15, 0.2) is 0 Å². The highest BCUT2D eigenvalue weighted by Gasteiger charge is 2.42. The molecule has 2 aromatic rings. The number of thioether (sulfide) groups is 1. The Morgan fingerprint density at radius 2 is 1.18 bits per heavy atom. The summed E-state index contributed by atoms with van der Waals surface area (Å²) in [7, 11) is 0. The van der Waals surface area contributed by atoms with E-state index >= 15 is 0 Å². The molecule has 2 fully saturated rings. The van der Waals surface area contributed by atoms with Crippen LogP contribution in [0, 0.1) is 0 Å². The van der Waals surface area contributed by atoms with Crippen molar-refractivity contribution in [1.82, 2.24) is 9.80 Å². The molecule has 4 rings (SSSR count). The molecule has 0 aromatic heterocycles. The first-order chi connectivity index (χ1) is 10.9. The number of benzene rings is 2. The molecule has 0 radical (unpaired) electrons. The van der Waals surface area contributed by atoms with Crippen molar-refractivity contribution >= 4 is 11.8 Å². The summed E-state index contributed by atoms with van der Waals surface area (Å²) < 4.78 is 0. The van der Waals surface area contributed by atoms with Gasteiger partial charge >= 0.3 is 0 Å². The van der Waals surface area contributed by atoms with Gasteiger partial charge in [0.1, 0.15) is 0 Å². The quantitative estimate of drug-likeness (QED) is 0.854. The van der Waals surface area contributed by atoms with E-state index in [1.807, 2.05) is 0 Å². The Hall–Kier alpha value is -1.29. The highest BCUT2D eigenvalue weighted by molar-refractivity contribution is 7.99. The smallest absolute Gasteiger partial charge is 0.0520 e. The number of hydrogen-bond acceptors (Lipinski definition) is 3. The Balaban J connectivity index is 1.48. The molecule has 2 aromatic carbocycles. The van der Waals surface area contributed by atoms with Crippen LogP contribution in [-0.2, 0) is 13.1 Å². The molecule has 2 aliphatic rings. The van der Waals surface area contributed by atoms with Crippen molar-refractivity contribution in [2.45, 2.75) is 25.2 Å². The maximum absolute atomic E-state index is 2.67. The zero-order valence-corrected chi connectivity index (χ0v) is 13.6. The normalized spacial score (nSPS) is 25.5. The third-order valence-corrected chi connectivity index (χ3v) is 5.93. The Morgan fingerprint density at radius 1 is 0.727 bits per heavy atom. The Morgan fingerprint density at radius 3 is 1.64 bits per heavy atom. The molecule has 114 valence electrons. The highest BCUT2D eigenvalue weighted by atomic mass is 32.2. The number of hydrogen-bond donors (Lipinski definition) is 0.